The first-order chi connectivity index (χ1) is 11.9. The number of rotatable bonds is 9. The maximum absolute atomic E-state index is 12.7. The molecule has 0 saturated carbocycles. The van der Waals surface area contributed by atoms with Crippen LogP contribution in [0.4, 0.5) is 5.13 Å². The zero-order valence-corrected chi connectivity index (χ0v) is 15.8. The standard InChI is InChI=1S/C16H21N3O4S2/c1-13-10-17-16(24-13)18-15(20)11-19(8-9-23-2)25(21,22)12-14-6-4-3-5-7-14/h3-7,10H,8-9,11-12H2,1-2H3,(H,17,18,20). The number of carbonyl (C=O) groups is 1. The molecule has 0 fully saturated rings. The molecule has 1 aromatic heterocycles. The van der Waals surface area contributed by atoms with Crippen molar-refractivity contribution in [2.45, 2.75) is 12.7 Å². The summed E-state index contributed by atoms with van der Waals surface area (Å²) < 4.78 is 31.5. The zero-order valence-electron chi connectivity index (χ0n) is 14.1. The Hall–Kier alpha value is -1.81. The fraction of sp³-hybridized carbons (Fsp3) is 0.375. The van der Waals surface area contributed by atoms with Crippen molar-refractivity contribution in [3.63, 3.8) is 0 Å². The number of amides is 1. The lowest BCUT2D eigenvalue weighted by Gasteiger charge is -2.21. The number of anilines is 1. The van der Waals surface area contributed by atoms with Gasteiger partial charge in [0.2, 0.25) is 15.9 Å². The maximum Gasteiger partial charge on any atom is 0.241 e. The van der Waals surface area contributed by atoms with Gasteiger partial charge < -0.3 is 10.1 Å². The van der Waals surface area contributed by atoms with Crippen LogP contribution in [0.25, 0.3) is 0 Å². The first-order valence-electron chi connectivity index (χ1n) is 7.63. The van der Waals surface area contributed by atoms with Crippen molar-refractivity contribution in [1.29, 1.82) is 0 Å². The second-order valence-corrected chi connectivity index (χ2v) is 8.60. The summed E-state index contributed by atoms with van der Waals surface area (Å²) in [4.78, 5) is 17.2. The molecule has 136 valence electrons. The number of aromatic nitrogens is 1. The highest BCUT2D eigenvalue weighted by molar-refractivity contribution is 7.88. The van der Waals surface area contributed by atoms with Crippen LogP contribution < -0.4 is 5.32 Å². The van der Waals surface area contributed by atoms with Gasteiger partial charge in [0.05, 0.1) is 18.9 Å². The highest BCUT2D eigenvalue weighted by atomic mass is 32.2. The summed E-state index contributed by atoms with van der Waals surface area (Å²) in [6.07, 6.45) is 1.65. The minimum Gasteiger partial charge on any atom is -0.383 e. The summed E-state index contributed by atoms with van der Waals surface area (Å²) in [6.45, 7) is 1.91. The lowest BCUT2D eigenvalue weighted by Crippen LogP contribution is -2.40. The van der Waals surface area contributed by atoms with Crippen molar-refractivity contribution in [1.82, 2.24) is 9.29 Å². The van der Waals surface area contributed by atoms with Crippen molar-refractivity contribution >= 4 is 32.4 Å². The molecule has 1 amide bonds. The second kappa shape index (κ2) is 9.04. The predicted molar refractivity (Wildman–Crippen MR) is 98.0 cm³/mol. The number of hydrogen-bond donors (Lipinski definition) is 1. The van der Waals surface area contributed by atoms with Crippen molar-refractivity contribution in [2.24, 2.45) is 0 Å². The summed E-state index contributed by atoms with van der Waals surface area (Å²) >= 11 is 1.34. The Balaban J connectivity index is 2.07. The fourth-order valence-electron chi connectivity index (χ4n) is 2.12. The van der Waals surface area contributed by atoms with Crippen LogP contribution in [0.3, 0.4) is 0 Å². The van der Waals surface area contributed by atoms with Crippen LogP contribution in [-0.4, -0.2) is 50.4 Å². The topological polar surface area (TPSA) is 88.6 Å². The average molecular weight is 383 g/mol. The lowest BCUT2D eigenvalue weighted by molar-refractivity contribution is -0.116. The molecule has 1 aromatic carbocycles. The van der Waals surface area contributed by atoms with Crippen LogP contribution in [0.5, 0.6) is 0 Å². The number of aryl methyl sites for hydroxylation is 1. The maximum atomic E-state index is 12.7. The number of methoxy groups -OCH3 is 1. The minimum absolute atomic E-state index is 0.107. The van der Waals surface area contributed by atoms with E-state index in [2.05, 4.69) is 10.3 Å². The van der Waals surface area contributed by atoms with Crippen molar-refractivity contribution in [2.75, 3.05) is 32.1 Å². The van der Waals surface area contributed by atoms with Gasteiger partial charge in [-0.3, -0.25) is 4.79 Å². The van der Waals surface area contributed by atoms with Crippen LogP contribution in [0, 0.1) is 6.92 Å². The van der Waals surface area contributed by atoms with Gasteiger partial charge in [-0.05, 0) is 12.5 Å². The number of ether oxygens (including phenoxy) is 1. The van der Waals surface area contributed by atoms with E-state index in [0.29, 0.717) is 10.7 Å². The second-order valence-electron chi connectivity index (χ2n) is 5.39. The van der Waals surface area contributed by atoms with E-state index in [0.717, 1.165) is 9.18 Å². The minimum atomic E-state index is -3.65. The number of benzene rings is 1. The third-order valence-electron chi connectivity index (χ3n) is 3.32. The third kappa shape index (κ3) is 6.20. The van der Waals surface area contributed by atoms with E-state index < -0.39 is 15.9 Å². The monoisotopic (exact) mass is 383 g/mol. The van der Waals surface area contributed by atoms with Crippen LogP contribution in [-0.2, 0) is 25.3 Å². The zero-order chi connectivity index (χ0) is 18.3. The third-order valence-corrected chi connectivity index (χ3v) is 5.94. The quantitative estimate of drug-likeness (QED) is 0.714. The van der Waals surface area contributed by atoms with E-state index in [9.17, 15) is 13.2 Å². The Morgan fingerprint density at radius 1 is 1.32 bits per heavy atom. The molecule has 2 rings (SSSR count). The summed E-state index contributed by atoms with van der Waals surface area (Å²) in [5.74, 6) is -0.594. The number of carbonyl (C=O) groups excluding carboxylic acids is 1. The fourth-order valence-corrected chi connectivity index (χ4v) is 4.26. The Morgan fingerprint density at radius 3 is 2.64 bits per heavy atom. The van der Waals surface area contributed by atoms with Crippen molar-refractivity contribution in [3.8, 4) is 0 Å². The highest BCUT2D eigenvalue weighted by Gasteiger charge is 2.25. The molecule has 0 aliphatic heterocycles. The molecule has 1 N–H and O–H groups in total. The van der Waals surface area contributed by atoms with Crippen LogP contribution >= 0.6 is 11.3 Å². The molecule has 9 heteroatoms. The van der Waals surface area contributed by atoms with Gasteiger partial charge in [-0.15, -0.1) is 11.3 Å². The van der Waals surface area contributed by atoms with Gasteiger partial charge in [-0.2, -0.15) is 4.31 Å². The Kier molecular flexibility index (Phi) is 7.06. The first-order valence-corrected chi connectivity index (χ1v) is 10.1. The Labute approximate surface area is 151 Å². The molecule has 1 heterocycles. The smallest absolute Gasteiger partial charge is 0.241 e. The van der Waals surface area contributed by atoms with Crippen LogP contribution in [0.2, 0.25) is 0 Å². The molecule has 0 unspecified atom stereocenters. The Bertz CT molecular complexity index is 791. The molecule has 0 spiro atoms. The SMILES string of the molecule is COCCN(CC(=O)Nc1ncc(C)s1)S(=O)(=O)Cc1ccccc1. The van der Waals surface area contributed by atoms with Crippen LogP contribution in [0.15, 0.2) is 36.5 Å². The summed E-state index contributed by atoms with van der Waals surface area (Å²) in [5, 5.41) is 3.08. The number of hydrogen-bond acceptors (Lipinski definition) is 6. The van der Waals surface area contributed by atoms with E-state index in [1.165, 1.54) is 18.4 Å². The van der Waals surface area contributed by atoms with Gasteiger partial charge in [-0.25, -0.2) is 13.4 Å². The molecule has 0 bridgehead atoms. The van der Waals surface area contributed by atoms with Crippen molar-refractivity contribution < 1.29 is 17.9 Å². The molecule has 0 aliphatic rings. The summed E-state index contributed by atoms with van der Waals surface area (Å²) in [7, 11) is -2.17. The number of nitrogens with zero attached hydrogens (tertiary/aromatic N) is 2. The van der Waals surface area contributed by atoms with Gasteiger partial charge >= 0.3 is 0 Å². The van der Waals surface area contributed by atoms with E-state index in [1.54, 1.807) is 30.5 Å². The summed E-state index contributed by atoms with van der Waals surface area (Å²) in [5.41, 5.74) is 0.667. The summed E-state index contributed by atoms with van der Waals surface area (Å²) in [6, 6.07) is 8.86. The first kappa shape index (κ1) is 19.5. The van der Waals surface area contributed by atoms with E-state index >= 15 is 0 Å². The molecule has 0 aliphatic carbocycles. The predicted octanol–water partition coefficient (Wildman–Crippen LogP) is 1.87. The number of nitrogens with one attached hydrogen (secondary N) is 1. The lowest BCUT2D eigenvalue weighted by atomic mass is 10.2. The highest BCUT2D eigenvalue weighted by Crippen LogP contribution is 2.17. The van der Waals surface area contributed by atoms with Gasteiger partial charge in [0.15, 0.2) is 5.13 Å². The average Bonchev–Trinajstić information content (AvgIpc) is 2.96. The molecule has 2 aromatic rings. The van der Waals surface area contributed by atoms with Crippen molar-refractivity contribution in [3.05, 3.63) is 47.0 Å². The van der Waals surface area contributed by atoms with Gasteiger partial charge in [0.25, 0.3) is 0 Å². The normalized spacial score (nSPS) is 11.6. The van der Waals surface area contributed by atoms with E-state index in [1.807, 2.05) is 13.0 Å². The Morgan fingerprint density at radius 2 is 2.04 bits per heavy atom. The molecule has 0 saturated heterocycles. The van der Waals surface area contributed by atoms with Gasteiger partial charge in [0, 0.05) is 24.7 Å². The molecule has 7 nitrogen and oxygen atoms in total. The van der Waals surface area contributed by atoms with E-state index in [-0.39, 0.29) is 25.4 Å². The molecule has 0 radical (unpaired) electrons. The largest absolute Gasteiger partial charge is 0.383 e. The number of sulfonamides is 1. The molecule has 0 atom stereocenters. The van der Waals surface area contributed by atoms with Gasteiger partial charge in [0.1, 0.15) is 0 Å². The van der Waals surface area contributed by atoms with Gasteiger partial charge in [-0.1, -0.05) is 30.3 Å². The van der Waals surface area contributed by atoms with Crippen LogP contribution in [0.1, 0.15) is 10.4 Å². The number of thiazole rings is 1. The van der Waals surface area contributed by atoms with E-state index in [4.69, 9.17) is 4.74 Å². The molecular formula is C16H21N3O4S2. The molecule has 25 heavy (non-hydrogen) atoms. The molecular weight excluding hydrogens is 362 g/mol.